The van der Waals surface area contributed by atoms with Crippen LogP contribution in [-0.2, 0) is 6.54 Å². The van der Waals surface area contributed by atoms with Crippen LogP contribution >= 0.6 is 0 Å². The molecule has 1 aromatic carbocycles. The molecule has 140 valence electrons. The lowest BCUT2D eigenvalue weighted by Crippen LogP contribution is -2.58. The summed E-state index contributed by atoms with van der Waals surface area (Å²) in [4.78, 5) is 0. The molecule has 1 aromatic heterocycles. The van der Waals surface area contributed by atoms with E-state index in [1.165, 1.54) is 11.5 Å². The summed E-state index contributed by atoms with van der Waals surface area (Å²) in [5.74, 6) is -6.30. The quantitative estimate of drug-likeness (QED) is 0.366. The average Bonchev–Trinajstić information content (AvgIpc) is 2.80. The number of rotatable bonds is 5. The summed E-state index contributed by atoms with van der Waals surface area (Å²) in [6.45, 7) is 1.46. The maximum Gasteiger partial charge on any atom is 0.462 e. The molecule has 2 rings (SSSR count). The van der Waals surface area contributed by atoms with E-state index in [0.29, 0.717) is 28.2 Å². The van der Waals surface area contributed by atoms with Gasteiger partial charge in [-0.3, -0.25) is 0 Å². The molecule has 0 saturated heterocycles. The van der Waals surface area contributed by atoms with Crippen LogP contribution in [0.3, 0.4) is 0 Å². The normalized spacial score (nSPS) is 13.3. The minimum Gasteiger partial charge on any atom is -0.330 e. The number of nitriles is 1. The van der Waals surface area contributed by atoms with Gasteiger partial charge in [0.1, 0.15) is 6.54 Å². The lowest BCUT2D eigenvalue weighted by atomic mass is 10.1. The average molecular weight is 380 g/mol. The van der Waals surface area contributed by atoms with E-state index < -0.39 is 18.1 Å². The highest BCUT2D eigenvalue weighted by atomic mass is 19.4. The first kappa shape index (κ1) is 19.6. The number of hydrogen-bond acceptors (Lipinski definition) is 3. The third-order valence-electron chi connectivity index (χ3n) is 3.66. The van der Waals surface area contributed by atoms with E-state index in [0.717, 1.165) is 0 Å². The summed E-state index contributed by atoms with van der Waals surface area (Å²) in [6.07, 6.45) is -5.73. The molecule has 0 aliphatic rings. The summed E-state index contributed by atoms with van der Waals surface area (Å²) in [7, 11) is 0. The van der Waals surface area contributed by atoms with Crippen molar-refractivity contribution in [1.29, 1.82) is 5.26 Å². The molecule has 0 radical (unpaired) electrons. The van der Waals surface area contributed by atoms with Crippen LogP contribution in [0.5, 0.6) is 0 Å². The Morgan fingerprint density at radius 3 is 2.35 bits per heavy atom. The molecule has 0 aliphatic heterocycles. The van der Waals surface area contributed by atoms with Crippen molar-refractivity contribution in [3.63, 3.8) is 0 Å². The van der Waals surface area contributed by atoms with Gasteiger partial charge in [0.15, 0.2) is 0 Å². The highest BCUT2D eigenvalue weighted by molar-refractivity contribution is 6.01. The Hall–Kier alpha value is -2.77. The van der Waals surface area contributed by atoms with Crippen LogP contribution in [0.2, 0.25) is 0 Å². The number of benzene rings is 1. The van der Waals surface area contributed by atoms with Gasteiger partial charge < -0.3 is 4.57 Å². The first-order chi connectivity index (χ1) is 11.9. The Morgan fingerprint density at radius 1 is 1.15 bits per heavy atom. The van der Waals surface area contributed by atoms with E-state index in [-0.39, 0.29) is 12.1 Å². The zero-order valence-corrected chi connectivity index (χ0v) is 13.1. The SMILES string of the molecule is Cc1c(/C=N\NC(F)(F)C(F)(F)C(F)(F)F)c2ccccc2n1CC#N. The zero-order chi connectivity index (χ0) is 19.8. The molecule has 0 bridgehead atoms. The fourth-order valence-corrected chi connectivity index (χ4v) is 2.32. The molecule has 0 unspecified atom stereocenters. The summed E-state index contributed by atoms with van der Waals surface area (Å²) in [5, 5.41) is 12.2. The van der Waals surface area contributed by atoms with Gasteiger partial charge >= 0.3 is 18.1 Å². The molecular weight excluding hydrogens is 369 g/mol. The maximum absolute atomic E-state index is 13.2. The standard InChI is InChI=1S/C15H11F7N4/c1-9-11(10-4-2-3-5-12(10)26(9)7-6-23)8-24-25-15(21,22)13(16,17)14(18,19)20/h2-5,8,25H,7H2,1H3/b24-8-. The van der Waals surface area contributed by atoms with Crippen molar-refractivity contribution in [3.05, 3.63) is 35.5 Å². The lowest BCUT2D eigenvalue weighted by molar-refractivity contribution is -0.361. The van der Waals surface area contributed by atoms with Crippen molar-refractivity contribution in [2.45, 2.75) is 31.6 Å². The number of para-hydroxylation sites is 1. The van der Waals surface area contributed by atoms with Crippen LogP contribution in [0.1, 0.15) is 11.3 Å². The van der Waals surface area contributed by atoms with Crippen LogP contribution in [0.4, 0.5) is 30.7 Å². The molecule has 1 N–H and O–H groups in total. The number of hydrogen-bond donors (Lipinski definition) is 1. The summed E-state index contributed by atoms with van der Waals surface area (Å²) < 4.78 is 89.8. The van der Waals surface area contributed by atoms with Crippen LogP contribution in [0, 0.1) is 18.3 Å². The smallest absolute Gasteiger partial charge is 0.330 e. The van der Waals surface area contributed by atoms with Crippen LogP contribution in [0.25, 0.3) is 10.9 Å². The van der Waals surface area contributed by atoms with Gasteiger partial charge in [-0.1, -0.05) is 18.2 Å². The zero-order valence-electron chi connectivity index (χ0n) is 13.1. The minimum atomic E-state index is -6.45. The van der Waals surface area contributed by atoms with Gasteiger partial charge in [0.05, 0.1) is 12.3 Å². The molecule has 0 atom stereocenters. The fourth-order valence-electron chi connectivity index (χ4n) is 2.32. The van der Waals surface area contributed by atoms with Crippen molar-refractivity contribution in [2.24, 2.45) is 5.10 Å². The number of fused-ring (bicyclic) bond motifs is 1. The van der Waals surface area contributed by atoms with Crippen molar-refractivity contribution < 1.29 is 30.7 Å². The Balaban J connectivity index is 2.38. The lowest BCUT2D eigenvalue weighted by Gasteiger charge is -2.27. The Kier molecular flexibility index (Phi) is 4.90. The van der Waals surface area contributed by atoms with Gasteiger partial charge in [-0.15, -0.1) is 0 Å². The highest BCUT2D eigenvalue weighted by Crippen LogP contribution is 2.45. The van der Waals surface area contributed by atoms with E-state index >= 15 is 0 Å². The molecular formula is C15H11F7N4. The third kappa shape index (κ3) is 3.18. The largest absolute Gasteiger partial charge is 0.462 e. The first-order valence-electron chi connectivity index (χ1n) is 7.01. The molecule has 0 aliphatic carbocycles. The van der Waals surface area contributed by atoms with Crippen molar-refractivity contribution in [3.8, 4) is 6.07 Å². The first-order valence-corrected chi connectivity index (χ1v) is 7.01. The Morgan fingerprint density at radius 2 is 1.77 bits per heavy atom. The number of aromatic nitrogens is 1. The predicted octanol–water partition coefficient (Wildman–Crippen LogP) is 4.19. The summed E-state index contributed by atoms with van der Waals surface area (Å²) in [5.41, 5.74) is 1.75. The van der Waals surface area contributed by atoms with E-state index in [9.17, 15) is 30.7 Å². The van der Waals surface area contributed by atoms with Gasteiger partial charge in [0.25, 0.3) is 0 Å². The van der Waals surface area contributed by atoms with E-state index in [4.69, 9.17) is 5.26 Å². The molecule has 0 saturated carbocycles. The van der Waals surface area contributed by atoms with Crippen LogP contribution in [0.15, 0.2) is 29.4 Å². The van der Waals surface area contributed by atoms with Crippen LogP contribution in [-0.4, -0.2) is 28.9 Å². The number of hydrazone groups is 1. The van der Waals surface area contributed by atoms with Gasteiger partial charge in [-0.05, 0) is 13.0 Å². The van der Waals surface area contributed by atoms with Gasteiger partial charge in [-0.2, -0.15) is 41.1 Å². The topological polar surface area (TPSA) is 53.1 Å². The predicted molar refractivity (Wildman–Crippen MR) is 79.0 cm³/mol. The van der Waals surface area contributed by atoms with Crippen LogP contribution < -0.4 is 5.43 Å². The Bertz CT molecular complexity index is 874. The molecule has 2 aromatic rings. The van der Waals surface area contributed by atoms with Crippen molar-refractivity contribution in [2.75, 3.05) is 0 Å². The minimum absolute atomic E-state index is 0.0735. The van der Waals surface area contributed by atoms with E-state index in [2.05, 4.69) is 5.10 Å². The molecule has 0 fully saturated rings. The van der Waals surface area contributed by atoms with Crippen molar-refractivity contribution >= 4 is 17.1 Å². The summed E-state index contributed by atoms with van der Waals surface area (Å²) >= 11 is 0. The summed E-state index contributed by atoms with van der Waals surface area (Å²) in [6, 6.07) is 2.74. The third-order valence-corrected chi connectivity index (χ3v) is 3.66. The molecule has 26 heavy (non-hydrogen) atoms. The highest BCUT2D eigenvalue weighted by Gasteiger charge is 2.73. The number of nitrogens with one attached hydrogen (secondary N) is 1. The number of nitrogens with zero attached hydrogens (tertiary/aromatic N) is 3. The molecule has 4 nitrogen and oxygen atoms in total. The fraction of sp³-hybridized carbons (Fsp3) is 0.333. The second kappa shape index (κ2) is 6.51. The van der Waals surface area contributed by atoms with E-state index in [1.807, 2.05) is 6.07 Å². The van der Waals surface area contributed by atoms with Gasteiger partial charge in [-0.25, -0.2) is 5.43 Å². The molecule has 0 amide bonds. The van der Waals surface area contributed by atoms with Gasteiger partial charge in [0.2, 0.25) is 0 Å². The number of halogens is 7. The molecule has 1 heterocycles. The molecule has 11 heteroatoms. The molecule has 0 spiro atoms. The Labute approximate surface area is 142 Å². The van der Waals surface area contributed by atoms with Gasteiger partial charge in [0, 0.05) is 22.2 Å². The monoisotopic (exact) mass is 380 g/mol. The second-order valence-corrected chi connectivity index (χ2v) is 5.28. The maximum atomic E-state index is 13.2. The van der Waals surface area contributed by atoms with Crippen molar-refractivity contribution in [1.82, 2.24) is 9.99 Å². The van der Waals surface area contributed by atoms with E-state index in [1.54, 1.807) is 24.3 Å². The number of alkyl halides is 7. The second-order valence-electron chi connectivity index (χ2n) is 5.28.